The minimum atomic E-state index is -5.08. The molecule has 3 rings (SSSR count). The summed E-state index contributed by atoms with van der Waals surface area (Å²) in [6.07, 6.45) is -2.76. The van der Waals surface area contributed by atoms with Crippen molar-refractivity contribution in [2.75, 3.05) is 25.4 Å². The molecular weight excluding hydrogens is 441 g/mol. The van der Waals surface area contributed by atoms with Crippen LogP contribution in [0.2, 0.25) is 0 Å². The topological polar surface area (TPSA) is 106 Å². The van der Waals surface area contributed by atoms with Crippen molar-refractivity contribution in [1.29, 1.82) is 0 Å². The SMILES string of the molecule is CCCS(=O)(=O)N1CC2(CC(OCc3cccc(C)n3)CCO2)C1.O=C(O)C(F)(F)F. The van der Waals surface area contributed by atoms with E-state index in [9.17, 15) is 21.6 Å². The number of ether oxygens (including phenoxy) is 2. The van der Waals surface area contributed by atoms with E-state index in [1.54, 1.807) is 4.31 Å². The van der Waals surface area contributed by atoms with Gasteiger partial charge in [0.2, 0.25) is 10.0 Å². The Hall–Kier alpha value is -1.76. The number of hydrogen-bond donors (Lipinski definition) is 1. The third-order valence-electron chi connectivity index (χ3n) is 4.89. The summed E-state index contributed by atoms with van der Waals surface area (Å²) in [5, 5.41) is 7.12. The average molecular weight is 468 g/mol. The van der Waals surface area contributed by atoms with E-state index in [-0.39, 0.29) is 17.5 Å². The Kier molecular flexibility index (Phi) is 8.42. The van der Waals surface area contributed by atoms with E-state index in [1.807, 2.05) is 32.0 Å². The number of aromatic nitrogens is 1. The summed E-state index contributed by atoms with van der Waals surface area (Å²) in [5.74, 6) is -2.55. The van der Waals surface area contributed by atoms with Crippen LogP contribution in [0.1, 0.15) is 37.6 Å². The van der Waals surface area contributed by atoms with Gasteiger partial charge in [-0.3, -0.25) is 4.98 Å². The standard InChI is InChI=1S/C17H26N2O4S.C2HF3O2/c1-3-9-24(20,21)19-12-17(13-19)10-16(7-8-23-17)22-11-15-6-4-5-14(2)18-15;3-2(4,5)1(6)7/h4-6,16H,3,7-13H2,1-2H3;(H,6,7). The van der Waals surface area contributed by atoms with Gasteiger partial charge in [0.1, 0.15) is 0 Å². The lowest BCUT2D eigenvalue weighted by atomic mass is 9.86. The first kappa shape index (κ1) is 25.5. The van der Waals surface area contributed by atoms with Crippen LogP contribution in [0, 0.1) is 6.92 Å². The van der Waals surface area contributed by atoms with E-state index >= 15 is 0 Å². The second-order valence-corrected chi connectivity index (χ2v) is 9.70. The first-order chi connectivity index (χ1) is 14.4. The number of nitrogens with zero attached hydrogens (tertiary/aromatic N) is 2. The molecule has 176 valence electrons. The maximum absolute atomic E-state index is 12.1. The van der Waals surface area contributed by atoms with E-state index in [0.717, 1.165) is 24.2 Å². The molecule has 2 aliphatic heterocycles. The molecule has 1 aromatic rings. The van der Waals surface area contributed by atoms with Gasteiger partial charge in [-0.15, -0.1) is 0 Å². The maximum atomic E-state index is 12.1. The normalized spacial score (nSPS) is 21.1. The summed E-state index contributed by atoms with van der Waals surface area (Å²) in [4.78, 5) is 13.3. The van der Waals surface area contributed by atoms with Gasteiger partial charge >= 0.3 is 12.1 Å². The largest absolute Gasteiger partial charge is 0.490 e. The Morgan fingerprint density at radius 1 is 1.39 bits per heavy atom. The number of carbonyl (C=O) groups is 1. The molecule has 1 N–H and O–H groups in total. The fourth-order valence-electron chi connectivity index (χ4n) is 3.41. The number of aliphatic carboxylic acids is 1. The van der Waals surface area contributed by atoms with E-state index in [2.05, 4.69) is 4.98 Å². The van der Waals surface area contributed by atoms with Crippen LogP contribution in [0.3, 0.4) is 0 Å². The smallest absolute Gasteiger partial charge is 0.475 e. The zero-order chi connectivity index (χ0) is 23.3. The quantitative estimate of drug-likeness (QED) is 0.684. The highest BCUT2D eigenvalue weighted by Crippen LogP contribution is 2.37. The summed E-state index contributed by atoms with van der Waals surface area (Å²) >= 11 is 0. The van der Waals surface area contributed by atoms with Crippen molar-refractivity contribution in [3.63, 3.8) is 0 Å². The number of carboxylic acids is 1. The third-order valence-corrected chi connectivity index (χ3v) is 6.86. The van der Waals surface area contributed by atoms with Crippen molar-refractivity contribution in [2.24, 2.45) is 0 Å². The molecule has 0 bridgehead atoms. The number of sulfonamides is 1. The Bertz CT molecular complexity index is 856. The second-order valence-electron chi connectivity index (χ2n) is 7.61. The Labute approximate surface area is 179 Å². The summed E-state index contributed by atoms with van der Waals surface area (Å²) in [6, 6.07) is 5.91. The predicted octanol–water partition coefficient (Wildman–Crippen LogP) is 2.51. The number of halogens is 3. The van der Waals surface area contributed by atoms with Crippen molar-refractivity contribution < 1.29 is 41.0 Å². The molecule has 0 aliphatic carbocycles. The molecule has 2 saturated heterocycles. The molecular formula is C19H27F3N2O6S. The Morgan fingerprint density at radius 2 is 2.03 bits per heavy atom. The number of alkyl halides is 3. The van der Waals surface area contributed by atoms with Crippen LogP contribution in [-0.2, 0) is 30.9 Å². The van der Waals surface area contributed by atoms with Crippen molar-refractivity contribution >= 4 is 16.0 Å². The third kappa shape index (κ3) is 7.41. The summed E-state index contributed by atoms with van der Waals surface area (Å²) in [7, 11) is -3.12. The van der Waals surface area contributed by atoms with Crippen LogP contribution < -0.4 is 0 Å². The van der Waals surface area contributed by atoms with Crippen LogP contribution in [-0.4, -0.2) is 72.1 Å². The molecule has 0 saturated carbocycles. The van der Waals surface area contributed by atoms with Gasteiger partial charge in [-0.05, 0) is 31.9 Å². The fraction of sp³-hybridized carbons (Fsp3) is 0.684. The van der Waals surface area contributed by atoms with E-state index in [1.165, 1.54) is 0 Å². The number of carboxylic acid groups (broad SMARTS) is 1. The van der Waals surface area contributed by atoms with Crippen LogP contribution in [0.25, 0.3) is 0 Å². The van der Waals surface area contributed by atoms with Gasteiger partial charge in [-0.2, -0.15) is 17.5 Å². The van der Waals surface area contributed by atoms with Crippen LogP contribution in [0.15, 0.2) is 18.2 Å². The summed E-state index contributed by atoms with van der Waals surface area (Å²) in [6.45, 7) is 5.86. The van der Waals surface area contributed by atoms with Gasteiger partial charge in [-0.1, -0.05) is 13.0 Å². The van der Waals surface area contributed by atoms with Crippen LogP contribution in [0.4, 0.5) is 13.2 Å². The molecule has 1 atom stereocenters. The minimum absolute atomic E-state index is 0.0945. The molecule has 1 unspecified atom stereocenters. The number of hydrogen-bond acceptors (Lipinski definition) is 6. The first-order valence-electron chi connectivity index (χ1n) is 9.83. The molecule has 0 aromatic carbocycles. The number of rotatable bonds is 6. The molecule has 0 amide bonds. The highest BCUT2D eigenvalue weighted by atomic mass is 32.2. The molecule has 2 aliphatic rings. The maximum Gasteiger partial charge on any atom is 0.490 e. The highest BCUT2D eigenvalue weighted by Gasteiger charge is 2.51. The number of aryl methyl sites for hydroxylation is 1. The van der Waals surface area contributed by atoms with E-state index in [0.29, 0.717) is 32.7 Å². The summed E-state index contributed by atoms with van der Waals surface area (Å²) < 4.78 is 69.4. The molecule has 2 fully saturated rings. The number of pyridine rings is 1. The molecule has 3 heterocycles. The lowest BCUT2D eigenvalue weighted by molar-refractivity contribution is -0.192. The molecule has 31 heavy (non-hydrogen) atoms. The predicted molar refractivity (Wildman–Crippen MR) is 105 cm³/mol. The van der Waals surface area contributed by atoms with Gasteiger partial charge in [0.05, 0.1) is 29.8 Å². The Morgan fingerprint density at radius 3 is 2.58 bits per heavy atom. The Balaban J connectivity index is 0.000000423. The first-order valence-corrected chi connectivity index (χ1v) is 11.4. The summed E-state index contributed by atoms with van der Waals surface area (Å²) in [5.41, 5.74) is 1.55. The minimum Gasteiger partial charge on any atom is -0.475 e. The fourth-order valence-corrected chi connectivity index (χ4v) is 5.05. The zero-order valence-corrected chi connectivity index (χ0v) is 18.2. The van der Waals surface area contributed by atoms with Crippen molar-refractivity contribution in [3.8, 4) is 0 Å². The molecule has 8 nitrogen and oxygen atoms in total. The van der Waals surface area contributed by atoms with Crippen molar-refractivity contribution in [1.82, 2.24) is 9.29 Å². The van der Waals surface area contributed by atoms with E-state index < -0.39 is 22.2 Å². The lowest BCUT2D eigenvalue weighted by Crippen LogP contribution is -2.67. The average Bonchev–Trinajstić information content (AvgIpc) is 2.64. The van der Waals surface area contributed by atoms with Crippen LogP contribution in [0.5, 0.6) is 0 Å². The van der Waals surface area contributed by atoms with Crippen molar-refractivity contribution in [3.05, 3.63) is 29.6 Å². The zero-order valence-electron chi connectivity index (χ0n) is 17.4. The van der Waals surface area contributed by atoms with Crippen LogP contribution >= 0.6 is 0 Å². The van der Waals surface area contributed by atoms with Gasteiger partial charge < -0.3 is 14.6 Å². The monoisotopic (exact) mass is 468 g/mol. The van der Waals surface area contributed by atoms with Gasteiger partial charge in [-0.25, -0.2) is 13.2 Å². The van der Waals surface area contributed by atoms with Gasteiger partial charge in [0, 0.05) is 31.8 Å². The van der Waals surface area contributed by atoms with Gasteiger partial charge in [0.15, 0.2) is 0 Å². The molecule has 0 radical (unpaired) electrons. The molecule has 12 heteroatoms. The van der Waals surface area contributed by atoms with E-state index in [4.69, 9.17) is 19.4 Å². The van der Waals surface area contributed by atoms with Crippen molar-refractivity contribution in [2.45, 2.75) is 57.6 Å². The van der Waals surface area contributed by atoms with Gasteiger partial charge in [0.25, 0.3) is 0 Å². The molecule has 1 spiro atoms. The molecule has 1 aromatic heterocycles. The lowest BCUT2D eigenvalue weighted by Gasteiger charge is -2.52. The second kappa shape index (κ2) is 10.2. The highest BCUT2D eigenvalue weighted by molar-refractivity contribution is 7.89.